The Balaban J connectivity index is 0.000000468. The number of nitrogens with zero attached hydrogens (tertiary/aromatic N) is 2. The van der Waals surface area contributed by atoms with Gasteiger partial charge in [0.2, 0.25) is 0 Å². The van der Waals surface area contributed by atoms with Gasteiger partial charge in [0.05, 0.1) is 0 Å². The van der Waals surface area contributed by atoms with Gasteiger partial charge in [0.15, 0.2) is 0 Å². The maximum Gasteiger partial charge on any atom is 0.123 e. The van der Waals surface area contributed by atoms with E-state index in [0.717, 1.165) is 31.6 Å². The van der Waals surface area contributed by atoms with Crippen LogP contribution >= 0.6 is 0 Å². The van der Waals surface area contributed by atoms with E-state index in [9.17, 15) is 4.39 Å². The van der Waals surface area contributed by atoms with E-state index in [-0.39, 0.29) is 5.82 Å². The normalized spacial score (nSPS) is 10.4. The molecule has 0 amide bonds. The SMILES string of the molecule is CCCN(CC)CCC.CCCN(CCC)c1ccc(F)cc1. The van der Waals surface area contributed by atoms with Crippen molar-refractivity contribution in [1.82, 2.24) is 4.90 Å². The Bertz CT molecular complexity index is 352. The standard InChI is InChI=1S/C12H18FN.C8H19N/c1-3-9-14(10-4-2)12-7-5-11(13)6-8-12;1-4-7-9(6-3)8-5-2/h5-8H,3-4,9-10H2,1-2H3;4-8H2,1-3H3. The lowest BCUT2D eigenvalue weighted by atomic mass is 10.2. The van der Waals surface area contributed by atoms with E-state index in [1.807, 2.05) is 12.1 Å². The third-order valence-corrected chi connectivity index (χ3v) is 3.71. The fourth-order valence-corrected chi connectivity index (χ4v) is 2.62. The smallest absolute Gasteiger partial charge is 0.123 e. The summed E-state index contributed by atoms with van der Waals surface area (Å²) in [5.74, 6) is -0.165. The van der Waals surface area contributed by atoms with Gasteiger partial charge >= 0.3 is 0 Å². The van der Waals surface area contributed by atoms with Gasteiger partial charge in [-0.3, -0.25) is 0 Å². The molecule has 1 rings (SSSR count). The van der Waals surface area contributed by atoms with Crippen molar-refractivity contribution in [2.24, 2.45) is 0 Å². The van der Waals surface area contributed by atoms with Gasteiger partial charge in [-0.25, -0.2) is 4.39 Å². The maximum absolute atomic E-state index is 12.7. The van der Waals surface area contributed by atoms with Crippen LogP contribution in [0.15, 0.2) is 24.3 Å². The number of benzene rings is 1. The summed E-state index contributed by atoms with van der Waals surface area (Å²) in [6.45, 7) is 16.8. The summed E-state index contributed by atoms with van der Waals surface area (Å²) in [5, 5.41) is 0. The molecule has 0 aromatic heterocycles. The van der Waals surface area contributed by atoms with Gasteiger partial charge < -0.3 is 9.80 Å². The summed E-state index contributed by atoms with van der Waals surface area (Å²) in [6, 6.07) is 6.74. The zero-order valence-electron chi connectivity index (χ0n) is 15.9. The largest absolute Gasteiger partial charge is 0.372 e. The number of halogens is 1. The molecule has 0 N–H and O–H groups in total. The molecule has 0 unspecified atom stereocenters. The second-order valence-corrected chi connectivity index (χ2v) is 5.90. The monoisotopic (exact) mass is 324 g/mol. The summed E-state index contributed by atoms with van der Waals surface area (Å²) in [7, 11) is 0. The molecule has 0 heterocycles. The minimum atomic E-state index is -0.165. The molecular weight excluding hydrogens is 287 g/mol. The van der Waals surface area contributed by atoms with Crippen LogP contribution in [-0.4, -0.2) is 37.6 Å². The highest BCUT2D eigenvalue weighted by Crippen LogP contribution is 2.15. The predicted molar refractivity (Wildman–Crippen MR) is 102 cm³/mol. The van der Waals surface area contributed by atoms with E-state index < -0.39 is 0 Å². The van der Waals surface area contributed by atoms with Crippen LogP contribution in [0.4, 0.5) is 10.1 Å². The van der Waals surface area contributed by atoms with Crippen molar-refractivity contribution in [3.8, 4) is 0 Å². The van der Waals surface area contributed by atoms with Gasteiger partial charge in [-0.1, -0.05) is 34.6 Å². The third kappa shape index (κ3) is 10.3. The first-order valence-electron chi connectivity index (χ1n) is 9.35. The summed E-state index contributed by atoms with van der Waals surface area (Å²) in [4.78, 5) is 4.78. The number of hydrogen-bond donors (Lipinski definition) is 0. The number of anilines is 1. The van der Waals surface area contributed by atoms with Gasteiger partial charge in [-0.05, 0) is 69.6 Å². The Morgan fingerprint density at radius 3 is 1.48 bits per heavy atom. The zero-order valence-corrected chi connectivity index (χ0v) is 15.9. The summed E-state index contributed by atoms with van der Waals surface area (Å²) >= 11 is 0. The van der Waals surface area contributed by atoms with E-state index in [0.29, 0.717) is 0 Å². The Morgan fingerprint density at radius 1 is 0.696 bits per heavy atom. The predicted octanol–water partition coefficient (Wildman–Crippen LogP) is 5.58. The highest BCUT2D eigenvalue weighted by molar-refractivity contribution is 5.46. The Hall–Kier alpha value is -1.09. The first-order valence-corrected chi connectivity index (χ1v) is 9.35. The first-order chi connectivity index (χ1) is 11.1. The lowest BCUT2D eigenvalue weighted by Gasteiger charge is -2.23. The molecule has 0 spiro atoms. The lowest BCUT2D eigenvalue weighted by Crippen LogP contribution is -2.24. The van der Waals surface area contributed by atoms with Crippen molar-refractivity contribution in [1.29, 1.82) is 0 Å². The Labute approximate surface area is 143 Å². The average Bonchev–Trinajstić information content (AvgIpc) is 2.56. The minimum absolute atomic E-state index is 0.165. The molecule has 0 aliphatic heterocycles. The van der Waals surface area contributed by atoms with Crippen molar-refractivity contribution >= 4 is 5.69 Å². The van der Waals surface area contributed by atoms with Crippen molar-refractivity contribution in [3.63, 3.8) is 0 Å². The molecule has 2 nitrogen and oxygen atoms in total. The Kier molecular flexibility index (Phi) is 13.8. The van der Waals surface area contributed by atoms with E-state index >= 15 is 0 Å². The van der Waals surface area contributed by atoms with Gasteiger partial charge in [-0.15, -0.1) is 0 Å². The summed E-state index contributed by atoms with van der Waals surface area (Å²) in [5.41, 5.74) is 1.12. The highest BCUT2D eigenvalue weighted by Gasteiger charge is 2.03. The van der Waals surface area contributed by atoms with Crippen molar-refractivity contribution in [3.05, 3.63) is 30.1 Å². The number of rotatable bonds is 10. The highest BCUT2D eigenvalue weighted by atomic mass is 19.1. The van der Waals surface area contributed by atoms with Gasteiger partial charge in [-0.2, -0.15) is 0 Å². The molecule has 0 aliphatic carbocycles. The van der Waals surface area contributed by atoms with Crippen molar-refractivity contribution in [2.75, 3.05) is 37.6 Å². The number of hydrogen-bond acceptors (Lipinski definition) is 2. The molecular formula is C20H37FN2. The third-order valence-electron chi connectivity index (χ3n) is 3.71. The van der Waals surface area contributed by atoms with Gasteiger partial charge in [0.1, 0.15) is 5.82 Å². The second kappa shape index (κ2) is 14.5. The minimum Gasteiger partial charge on any atom is -0.372 e. The fourth-order valence-electron chi connectivity index (χ4n) is 2.62. The Morgan fingerprint density at radius 2 is 1.13 bits per heavy atom. The first kappa shape index (κ1) is 21.9. The van der Waals surface area contributed by atoms with E-state index in [4.69, 9.17) is 0 Å². The fraction of sp³-hybridized carbons (Fsp3) is 0.700. The van der Waals surface area contributed by atoms with Gasteiger partial charge in [0, 0.05) is 18.8 Å². The molecule has 0 fully saturated rings. The van der Waals surface area contributed by atoms with Crippen molar-refractivity contribution in [2.45, 2.75) is 60.3 Å². The van der Waals surface area contributed by atoms with Crippen LogP contribution in [-0.2, 0) is 0 Å². The molecule has 0 aliphatic rings. The van der Waals surface area contributed by atoms with Crippen LogP contribution in [0.1, 0.15) is 60.3 Å². The van der Waals surface area contributed by atoms with E-state index in [2.05, 4.69) is 44.4 Å². The molecule has 0 radical (unpaired) electrons. The molecule has 1 aromatic rings. The van der Waals surface area contributed by atoms with E-state index in [1.165, 1.54) is 44.6 Å². The van der Waals surface area contributed by atoms with Crippen LogP contribution < -0.4 is 4.90 Å². The van der Waals surface area contributed by atoms with Gasteiger partial charge in [0.25, 0.3) is 0 Å². The summed E-state index contributed by atoms with van der Waals surface area (Å²) in [6.07, 6.45) is 4.82. The maximum atomic E-state index is 12.7. The molecule has 0 saturated heterocycles. The molecule has 3 heteroatoms. The van der Waals surface area contributed by atoms with Crippen LogP contribution in [0.5, 0.6) is 0 Å². The molecule has 134 valence electrons. The molecule has 1 aromatic carbocycles. The molecule has 23 heavy (non-hydrogen) atoms. The van der Waals surface area contributed by atoms with Crippen LogP contribution in [0, 0.1) is 5.82 Å². The van der Waals surface area contributed by atoms with E-state index in [1.54, 1.807) is 0 Å². The summed E-state index contributed by atoms with van der Waals surface area (Å²) < 4.78 is 12.7. The second-order valence-electron chi connectivity index (χ2n) is 5.90. The molecule has 0 bridgehead atoms. The molecule has 0 saturated carbocycles. The molecule has 0 atom stereocenters. The van der Waals surface area contributed by atoms with Crippen LogP contribution in [0.3, 0.4) is 0 Å². The lowest BCUT2D eigenvalue weighted by molar-refractivity contribution is 0.289. The topological polar surface area (TPSA) is 6.48 Å². The van der Waals surface area contributed by atoms with Crippen LogP contribution in [0.25, 0.3) is 0 Å². The zero-order chi connectivity index (χ0) is 17.5. The van der Waals surface area contributed by atoms with Crippen LogP contribution in [0.2, 0.25) is 0 Å². The average molecular weight is 325 g/mol. The van der Waals surface area contributed by atoms with Crippen molar-refractivity contribution < 1.29 is 4.39 Å². The quantitative estimate of drug-likeness (QED) is 0.554.